The van der Waals surface area contributed by atoms with Gasteiger partial charge < -0.3 is 4.57 Å². The van der Waals surface area contributed by atoms with Crippen molar-refractivity contribution in [2.45, 2.75) is 64.7 Å². The molecule has 0 aliphatic carbocycles. The molecule has 1 nitrogen and oxygen atoms in total. The van der Waals surface area contributed by atoms with Crippen LogP contribution in [0.5, 0.6) is 0 Å². The van der Waals surface area contributed by atoms with Gasteiger partial charge in [-0.2, -0.15) is 0 Å². The number of allylic oxidation sites excluding steroid dienone is 1. The van der Waals surface area contributed by atoms with Crippen LogP contribution in [0.25, 0.3) is 6.20 Å². The highest BCUT2D eigenvalue weighted by Crippen LogP contribution is 2.09. The van der Waals surface area contributed by atoms with Gasteiger partial charge in [0.1, 0.15) is 0 Å². The fourth-order valence-electron chi connectivity index (χ4n) is 2.04. The summed E-state index contributed by atoms with van der Waals surface area (Å²) in [5.41, 5.74) is 0. The van der Waals surface area contributed by atoms with Crippen molar-refractivity contribution in [3.05, 3.63) is 30.6 Å². The van der Waals surface area contributed by atoms with Crippen molar-refractivity contribution in [3.8, 4) is 0 Å². The van der Waals surface area contributed by atoms with Gasteiger partial charge in [-0.05, 0) is 25.0 Å². The molecule has 0 unspecified atom stereocenters. The molecule has 0 aliphatic rings. The molecule has 1 rings (SSSR count). The van der Waals surface area contributed by atoms with Crippen LogP contribution >= 0.6 is 0 Å². The largest absolute Gasteiger partial charge is 0.331 e. The van der Waals surface area contributed by atoms with Crippen molar-refractivity contribution < 1.29 is 0 Å². The maximum atomic E-state index is 2.27. The summed E-state index contributed by atoms with van der Waals surface area (Å²) in [5, 5.41) is 0. The molecule has 0 bridgehead atoms. The van der Waals surface area contributed by atoms with Gasteiger partial charge >= 0.3 is 0 Å². The molecule has 0 aliphatic heterocycles. The number of hydrogen-bond acceptors (Lipinski definition) is 0. The number of nitrogens with zero attached hydrogens (tertiary/aromatic N) is 1. The van der Waals surface area contributed by atoms with Crippen molar-refractivity contribution in [2.24, 2.45) is 0 Å². The van der Waals surface area contributed by atoms with Crippen LogP contribution in [0.1, 0.15) is 64.7 Å². The summed E-state index contributed by atoms with van der Waals surface area (Å²) in [7, 11) is 0. The van der Waals surface area contributed by atoms with E-state index in [-0.39, 0.29) is 0 Å². The number of hydrogen-bond donors (Lipinski definition) is 0. The first-order chi connectivity index (χ1) is 8.43. The van der Waals surface area contributed by atoms with Gasteiger partial charge in [0.25, 0.3) is 0 Å². The molecule has 96 valence electrons. The van der Waals surface area contributed by atoms with Gasteiger partial charge in [-0.15, -0.1) is 0 Å². The molecule has 0 radical (unpaired) electrons. The van der Waals surface area contributed by atoms with Crippen LogP contribution in [-0.4, -0.2) is 4.57 Å². The summed E-state index contributed by atoms with van der Waals surface area (Å²) in [6.45, 7) is 2.27. The van der Waals surface area contributed by atoms with Crippen molar-refractivity contribution in [1.82, 2.24) is 4.57 Å². The van der Waals surface area contributed by atoms with E-state index in [0.717, 1.165) is 0 Å². The molecule has 0 saturated heterocycles. The highest BCUT2D eigenvalue weighted by atomic mass is 14.9. The quantitative estimate of drug-likeness (QED) is 0.471. The Morgan fingerprint density at radius 3 is 2.06 bits per heavy atom. The van der Waals surface area contributed by atoms with Crippen LogP contribution in [0.15, 0.2) is 30.6 Å². The van der Waals surface area contributed by atoms with Gasteiger partial charge in [-0.3, -0.25) is 0 Å². The molecule has 0 amide bonds. The minimum atomic E-state index is 1.22. The van der Waals surface area contributed by atoms with E-state index in [1.165, 1.54) is 57.8 Å². The molecule has 1 heterocycles. The first-order valence-electron chi connectivity index (χ1n) is 7.22. The lowest BCUT2D eigenvalue weighted by Gasteiger charge is -1.99. The Morgan fingerprint density at radius 2 is 1.41 bits per heavy atom. The third-order valence-electron chi connectivity index (χ3n) is 3.13. The first kappa shape index (κ1) is 14.1. The first-order valence-corrected chi connectivity index (χ1v) is 7.22. The molecule has 0 saturated carbocycles. The predicted molar refractivity (Wildman–Crippen MR) is 77.0 cm³/mol. The zero-order chi connectivity index (χ0) is 12.2. The average Bonchev–Trinajstić information content (AvgIpc) is 2.85. The molecular formula is C16H27N. The molecule has 1 aromatic rings. The highest BCUT2D eigenvalue weighted by molar-refractivity contribution is 5.22. The van der Waals surface area contributed by atoms with E-state index in [2.05, 4.69) is 48.3 Å². The zero-order valence-corrected chi connectivity index (χ0v) is 11.3. The third kappa shape index (κ3) is 7.84. The predicted octanol–water partition coefficient (Wildman–Crippen LogP) is 5.49. The maximum absolute atomic E-state index is 2.27. The van der Waals surface area contributed by atoms with Crippen LogP contribution in [0, 0.1) is 0 Å². The second-order valence-corrected chi connectivity index (χ2v) is 4.78. The van der Waals surface area contributed by atoms with E-state index < -0.39 is 0 Å². The fraction of sp³-hybridized carbons (Fsp3) is 0.625. The monoisotopic (exact) mass is 233 g/mol. The lowest BCUT2D eigenvalue weighted by Crippen LogP contribution is -1.81. The SMILES string of the molecule is CCCCCCCCCCC=Cn1cccc1. The van der Waals surface area contributed by atoms with E-state index >= 15 is 0 Å². The molecule has 0 spiro atoms. The molecule has 0 aromatic carbocycles. The van der Waals surface area contributed by atoms with Crippen molar-refractivity contribution in [2.75, 3.05) is 0 Å². The van der Waals surface area contributed by atoms with Crippen LogP contribution in [-0.2, 0) is 0 Å². The minimum Gasteiger partial charge on any atom is -0.331 e. The fourth-order valence-corrected chi connectivity index (χ4v) is 2.04. The van der Waals surface area contributed by atoms with Crippen molar-refractivity contribution in [1.29, 1.82) is 0 Å². The number of rotatable bonds is 10. The standard InChI is InChI=1S/C16H27N/c1-2-3-4-5-6-7-8-9-10-11-14-17-15-12-13-16-17/h11-16H,2-10H2,1H3. The zero-order valence-electron chi connectivity index (χ0n) is 11.3. The second-order valence-electron chi connectivity index (χ2n) is 4.78. The molecule has 1 heteroatoms. The Morgan fingerprint density at radius 1 is 0.824 bits per heavy atom. The van der Waals surface area contributed by atoms with Gasteiger partial charge in [-0.1, -0.05) is 57.9 Å². The van der Waals surface area contributed by atoms with E-state index in [9.17, 15) is 0 Å². The average molecular weight is 233 g/mol. The van der Waals surface area contributed by atoms with E-state index in [4.69, 9.17) is 0 Å². The highest BCUT2D eigenvalue weighted by Gasteiger charge is 1.90. The second kappa shape index (κ2) is 10.2. The van der Waals surface area contributed by atoms with Crippen molar-refractivity contribution in [3.63, 3.8) is 0 Å². The molecular weight excluding hydrogens is 206 g/mol. The van der Waals surface area contributed by atoms with Gasteiger partial charge in [-0.25, -0.2) is 0 Å². The summed E-state index contributed by atoms with van der Waals surface area (Å²) >= 11 is 0. The van der Waals surface area contributed by atoms with Gasteiger partial charge in [0.05, 0.1) is 0 Å². The molecule has 1 aromatic heterocycles. The van der Waals surface area contributed by atoms with E-state index in [0.29, 0.717) is 0 Å². The van der Waals surface area contributed by atoms with Crippen LogP contribution in [0.2, 0.25) is 0 Å². The van der Waals surface area contributed by atoms with Gasteiger partial charge in [0, 0.05) is 18.6 Å². The summed E-state index contributed by atoms with van der Waals surface area (Å²) < 4.78 is 2.10. The summed E-state index contributed by atoms with van der Waals surface area (Å²) in [4.78, 5) is 0. The lowest BCUT2D eigenvalue weighted by atomic mass is 10.1. The Kier molecular flexibility index (Phi) is 8.44. The van der Waals surface area contributed by atoms with Gasteiger partial charge in [0.15, 0.2) is 0 Å². The Hall–Kier alpha value is -0.980. The lowest BCUT2D eigenvalue weighted by molar-refractivity contribution is 0.578. The van der Waals surface area contributed by atoms with Crippen molar-refractivity contribution >= 4 is 6.20 Å². The third-order valence-corrected chi connectivity index (χ3v) is 3.13. The van der Waals surface area contributed by atoms with E-state index in [1.54, 1.807) is 0 Å². The summed E-state index contributed by atoms with van der Waals surface area (Å²) in [6, 6.07) is 4.11. The number of unbranched alkanes of at least 4 members (excludes halogenated alkanes) is 8. The maximum Gasteiger partial charge on any atom is 0.00823 e. The van der Waals surface area contributed by atoms with Crippen LogP contribution < -0.4 is 0 Å². The van der Waals surface area contributed by atoms with Crippen LogP contribution in [0.4, 0.5) is 0 Å². The molecule has 0 N–H and O–H groups in total. The van der Waals surface area contributed by atoms with Crippen LogP contribution in [0.3, 0.4) is 0 Å². The Balaban J connectivity index is 1.84. The smallest absolute Gasteiger partial charge is 0.00823 e. The number of aromatic nitrogens is 1. The Bertz CT molecular complexity index is 272. The molecule has 17 heavy (non-hydrogen) atoms. The topological polar surface area (TPSA) is 4.93 Å². The van der Waals surface area contributed by atoms with Gasteiger partial charge in [0.2, 0.25) is 0 Å². The van der Waals surface area contributed by atoms with E-state index in [1.807, 2.05) is 0 Å². The minimum absolute atomic E-state index is 1.22. The Labute approximate surface area is 107 Å². The molecule has 0 fully saturated rings. The summed E-state index contributed by atoms with van der Waals surface area (Å²) in [6.07, 6.45) is 21.0. The molecule has 0 atom stereocenters. The summed E-state index contributed by atoms with van der Waals surface area (Å²) in [5.74, 6) is 0. The normalized spacial score (nSPS) is 11.4.